The lowest BCUT2D eigenvalue weighted by Crippen LogP contribution is -2.36. The molecule has 0 spiro atoms. The first-order chi connectivity index (χ1) is 8.66. The lowest BCUT2D eigenvalue weighted by molar-refractivity contribution is 0.304. The van der Waals surface area contributed by atoms with Crippen LogP contribution in [0.1, 0.15) is 38.3 Å². The van der Waals surface area contributed by atoms with Gasteiger partial charge in [-0.3, -0.25) is 4.79 Å². The van der Waals surface area contributed by atoms with Crippen LogP contribution in [0.3, 0.4) is 0 Å². The molecule has 0 radical (unpaired) electrons. The van der Waals surface area contributed by atoms with Crippen molar-refractivity contribution in [2.24, 2.45) is 5.92 Å². The monoisotopic (exact) mass is 248 g/mol. The topological polar surface area (TPSA) is 34.0 Å². The van der Waals surface area contributed by atoms with Crippen molar-refractivity contribution in [1.29, 1.82) is 0 Å². The van der Waals surface area contributed by atoms with E-state index in [4.69, 9.17) is 0 Å². The molecule has 1 fully saturated rings. The first-order valence-corrected chi connectivity index (χ1v) is 7.06. The molecule has 100 valence electrons. The van der Waals surface area contributed by atoms with E-state index >= 15 is 0 Å². The Hall–Kier alpha value is -1.09. The van der Waals surface area contributed by atoms with Gasteiger partial charge in [-0.05, 0) is 44.6 Å². The van der Waals surface area contributed by atoms with E-state index in [0.717, 1.165) is 24.7 Å². The Labute approximate surface area is 109 Å². The minimum Gasteiger partial charge on any atom is -0.312 e. The molecule has 18 heavy (non-hydrogen) atoms. The fourth-order valence-corrected chi connectivity index (χ4v) is 2.75. The van der Waals surface area contributed by atoms with Crippen molar-refractivity contribution in [2.75, 3.05) is 6.54 Å². The number of rotatable bonds is 4. The Bertz CT molecular complexity index is 430. The minimum atomic E-state index is 0.106. The summed E-state index contributed by atoms with van der Waals surface area (Å²) in [4.78, 5) is 11.7. The normalized spacial score (nSPS) is 24.1. The van der Waals surface area contributed by atoms with E-state index in [-0.39, 0.29) is 5.56 Å². The highest BCUT2D eigenvalue weighted by Gasteiger charge is 2.17. The molecule has 0 aliphatic heterocycles. The molecule has 1 aliphatic rings. The van der Waals surface area contributed by atoms with Crippen LogP contribution in [0.15, 0.2) is 23.0 Å². The number of nitrogens with one attached hydrogen (secondary N) is 1. The third-order valence-electron chi connectivity index (χ3n) is 4.05. The third kappa shape index (κ3) is 3.45. The predicted octanol–water partition coefficient (Wildman–Crippen LogP) is 2.33. The molecule has 0 aromatic carbocycles. The van der Waals surface area contributed by atoms with E-state index in [9.17, 15) is 4.79 Å². The molecule has 0 bridgehead atoms. The fraction of sp³-hybridized carbons (Fsp3) is 0.667. The Morgan fingerprint density at radius 3 is 2.67 bits per heavy atom. The zero-order valence-electron chi connectivity index (χ0n) is 11.5. The molecule has 3 heteroatoms. The van der Waals surface area contributed by atoms with E-state index < -0.39 is 0 Å². The van der Waals surface area contributed by atoms with Crippen LogP contribution in [0.25, 0.3) is 0 Å². The van der Waals surface area contributed by atoms with E-state index in [0.29, 0.717) is 6.04 Å². The van der Waals surface area contributed by atoms with Gasteiger partial charge in [-0.1, -0.05) is 13.0 Å². The molecule has 1 aromatic heterocycles. The smallest absolute Gasteiger partial charge is 0.250 e. The molecule has 2 rings (SSSR count). The third-order valence-corrected chi connectivity index (χ3v) is 4.05. The van der Waals surface area contributed by atoms with Crippen LogP contribution in [-0.4, -0.2) is 17.2 Å². The van der Waals surface area contributed by atoms with Gasteiger partial charge in [-0.15, -0.1) is 0 Å². The Morgan fingerprint density at radius 1 is 1.28 bits per heavy atom. The summed E-state index contributed by atoms with van der Waals surface area (Å²) in [5.41, 5.74) is 1.15. The quantitative estimate of drug-likeness (QED) is 0.887. The van der Waals surface area contributed by atoms with Gasteiger partial charge in [0.15, 0.2) is 0 Å². The summed E-state index contributed by atoms with van der Waals surface area (Å²) < 4.78 is 1.85. The molecule has 0 unspecified atom stereocenters. The number of hydrogen-bond acceptors (Lipinski definition) is 2. The average molecular weight is 248 g/mol. The van der Waals surface area contributed by atoms with Crippen molar-refractivity contribution in [2.45, 2.75) is 52.1 Å². The van der Waals surface area contributed by atoms with Gasteiger partial charge in [0, 0.05) is 30.9 Å². The lowest BCUT2D eigenvalue weighted by atomic mass is 9.87. The fourth-order valence-electron chi connectivity index (χ4n) is 2.75. The predicted molar refractivity (Wildman–Crippen MR) is 74.9 cm³/mol. The average Bonchev–Trinajstić information content (AvgIpc) is 2.35. The summed E-state index contributed by atoms with van der Waals surface area (Å²) in [7, 11) is 0. The molecule has 1 heterocycles. The van der Waals surface area contributed by atoms with Gasteiger partial charge in [0.2, 0.25) is 0 Å². The lowest BCUT2D eigenvalue weighted by Gasteiger charge is -2.27. The molecule has 3 nitrogen and oxygen atoms in total. The van der Waals surface area contributed by atoms with Crippen LogP contribution < -0.4 is 10.9 Å². The summed E-state index contributed by atoms with van der Waals surface area (Å²) in [6.45, 7) is 5.99. The van der Waals surface area contributed by atoms with Gasteiger partial charge in [-0.2, -0.15) is 0 Å². The summed E-state index contributed by atoms with van der Waals surface area (Å²) in [5, 5.41) is 3.59. The Morgan fingerprint density at radius 2 is 2.00 bits per heavy atom. The molecule has 0 saturated heterocycles. The van der Waals surface area contributed by atoms with E-state index in [2.05, 4.69) is 12.2 Å². The number of aryl methyl sites for hydroxylation is 1. The van der Waals surface area contributed by atoms with Gasteiger partial charge >= 0.3 is 0 Å². The second kappa shape index (κ2) is 6.19. The molecule has 1 N–H and O–H groups in total. The Balaban J connectivity index is 1.80. The highest BCUT2D eigenvalue weighted by Crippen LogP contribution is 2.23. The minimum absolute atomic E-state index is 0.106. The van der Waals surface area contributed by atoms with Gasteiger partial charge in [0.05, 0.1) is 0 Å². The second-order valence-electron chi connectivity index (χ2n) is 5.57. The van der Waals surface area contributed by atoms with Crippen molar-refractivity contribution in [3.63, 3.8) is 0 Å². The Kier molecular flexibility index (Phi) is 4.59. The van der Waals surface area contributed by atoms with E-state index in [1.807, 2.05) is 23.6 Å². The molecular formula is C15H24N2O. The van der Waals surface area contributed by atoms with Gasteiger partial charge in [0.25, 0.3) is 5.56 Å². The van der Waals surface area contributed by atoms with Crippen molar-refractivity contribution in [3.8, 4) is 0 Å². The van der Waals surface area contributed by atoms with Crippen LogP contribution >= 0.6 is 0 Å². The summed E-state index contributed by atoms with van der Waals surface area (Å²) in [6.07, 6.45) is 5.23. The van der Waals surface area contributed by atoms with Crippen LogP contribution in [-0.2, 0) is 6.54 Å². The first kappa shape index (κ1) is 13.3. The zero-order valence-corrected chi connectivity index (χ0v) is 11.5. The maximum atomic E-state index is 11.7. The van der Waals surface area contributed by atoms with Crippen LogP contribution in [0.4, 0.5) is 0 Å². The number of aromatic nitrogens is 1. The van der Waals surface area contributed by atoms with E-state index in [1.54, 1.807) is 6.07 Å². The number of pyridine rings is 1. The van der Waals surface area contributed by atoms with Crippen LogP contribution in [0.2, 0.25) is 0 Å². The number of nitrogens with zero attached hydrogens (tertiary/aromatic N) is 1. The SMILES string of the molecule is Cc1cccc(=O)n1CCNC1CCC(C)CC1. The van der Waals surface area contributed by atoms with Crippen molar-refractivity contribution in [1.82, 2.24) is 9.88 Å². The van der Waals surface area contributed by atoms with Crippen molar-refractivity contribution >= 4 is 0 Å². The molecule has 0 atom stereocenters. The molecule has 1 saturated carbocycles. The highest BCUT2D eigenvalue weighted by molar-refractivity contribution is 5.04. The maximum Gasteiger partial charge on any atom is 0.250 e. The van der Waals surface area contributed by atoms with Gasteiger partial charge < -0.3 is 9.88 Å². The molecule has 1 aliphatic carbocycles. The second-order valence-corrected chi connectivity index (χ2v) is 5.57. The van der Waals surface area contributed by atoms with Crippen molar-refractivity contribution < 1.29 is 0 Å². The zero-order chi connectivity index (χ0) is 13.0. The maximum absolute atomic E-state index is 11.7. The van der Waals surface area contributed by atoms with Gasteiger partial charge in [0.1, 0.15) is 0 Å². The summed E-state index contributed by atoms with van der Waals surface area (Å²) in [6, 6.07) is 6.10. The van der Waals surface area contributed by atoms with Crippen LogP contribution in [0.5, 0.6) is 0 Å². The summed E-state index contributed by atoms with van der Waals surface area (Å²) in [5.74, 6) is 0.891. The molecular weight excluding hydrogens is 224 g/mol. The standard InChI is InChI=1S/C15H24N2O/c1-12-6-8-14(9-7-12)16-10-11-17-13(2)4-3-5-15(17)18/h3-5,12,14,16H,6-11H2,1-2H3. The molecule has 1 aromatic rings. The van der Waals surface area contributed by atoms with Crippen LogP contribution in [0, 0.1) is 12.8 Å². The van der Waals surface area contributed by atoms with Gasteiger partial charge in [-0.25, -0.2) is 0 Å². The van der Waals surface area contributed by atoms with E-state index in [1.165, 1.54) is 25.7 Å². The number of hydrogen-bond donors (Lipinski definition) is 1. The largest absolute Gasteiger partial charge is 0.312 e. The van der Waals surface area contributed by atoms with Crippen molar-refractivity contribution in [3.05, 3.63) is 34.2 Å². The highest BCUT2D eigenvalue weighted by atomic mass is 16.1. The molecule has 0 amide bonds. The first-order valence-electron chi connectivity index (χ1n) is 7.06. The summed E-state index contributed by atoms with van der Waals surface area (Å²) >= 11 is 0.